The smallest absolute Gasteiger partial charge is 0.215 e. The maximum atomic E-state index is 12.2. The van der Waals surface area contributed by atoms with E-state index >= 15 is 0 Å². The molecule has 4 nitrogen and oxygen atoms in total. The van der Waals surface area contributed by atoms with Crippen LogP contribution in [0.4, 0.5) is 0 Å². The predicted molar refractivity (Wildman–Crippen MR) is 85.3 cm³/mol. The van der Waals surface area contributed by atoms with E-state index in [9.17, 15) is 8.42 Å². The lowest BCUT2D eigenvalue weighted by atomic mass is 9.81. The first-order chi connectivity index (χ1) is 9.35. The average Bonchev–Trinajstić information content (AvgIpc) is 2.43. The van der Waals surface area contributed by atoms with Crippen molar-refractivity contribution >= 4 is 10.0 Å². The van der Waals surface area contributed by atoms with Crippen molar-refractivity contribution < 1.29 is 8.42 Å². The van der Waals surface area contributed by atoms with Gasteiger partial charge in [-0.05, 0) is 31.6 Å². The Morgan fingerprint density at radius 2 is 1.60 bits per heavy atom. The fourth-order valence-electron chi connectivity index (χ4n) is 2.73. The Morgan fingerprint density at radius 1 is 1.05 bits per heavy atom. The minimum absolute atomic E-state index is 0.317. The standard InChI is InChI=1S/C15H32N2O2S/c1-5-14-6-8-15(9-7-14)11-17-20(18,19)13(4)10-16-12(2)3/h12-17H,5-11H2,1-4H3. The van der Waals surface area contributed by atoms with Crippen molar-refractivity contribution in [3.8, 4) is 0 Å². The Labute approximate surface area is 125 Å². The molecule has 5 heteroatoms. The zero-order valence-electron chi connectivity index (χ0n) is 13.5. The van der Waals surface area contributed by atoms with Crippen LogP contribution >= 0.6 is 0 Å². The van der Waals surface area contributed by atoms with E-state index in [1.807, 2.05) is 13.8 Å². The van der Waals surface area contributed by atoms with E-state index in [-0.39, 0.29) is 5.25 Å². The first kappa shape index (κ1) is 17.9. The molecule has 0 spiro atoms. The summed E-state index contributed by atoms with van der Waals surface area (Å²) >= 11 is 0. The molecular weight excluding hydrogens is 272 g/mol. The van der Waals surface area contributed by atoms with Crippen molar-refractivity contribution in [1.82, 2.24) is 10.0 Å². The van der Waals surface area contributed by atoms with Crippen LogP contribution in [0.3, 0.4) is 0 Å². The second-order valence-electron chi connectivity index (χ2n) is 6.56. The summed E-state index contributed by atoms with van der Waals surface area (Å²) in [6.45, 7) is 9.20. The zero-order valence-corrected chi connectivity index (χ0v) is 14.3. The molecule has 0 aromatic rings. The molecule has 1 aliphatic carbocycles. The topological polar surface area (TPSA) is 58.2 Å². The second-order valence-corrected chi connectivity index (χ2v) is 8.75. The summed E-state index contributed by atoms with van der Waals surface area (Å²) in [6.07, 6.45) is 6.11. The number of hydrogen-bond acceptors (Lipinski definition) is 3. The van der Waals surface area contributed by atoms with Gasteiger partial charge in [0.25, 0.3) is 0 Å². The van der Waals surface area contributed by atoms with Gasteiger partial charge in [-0.2, -0.15) is 0 Å². The van der Waals surface area contributed by atoms with Crippen molar-refractivity contribution in [2.45, 2.75) is 71.1 Å². The largest absolute Gasteiger partial charge is 0.313 e. The number of nitrogens with one attached hydrogen (secondary N) is 2. The Bertz CT molecular complexity index is 360. The van der Waals surface area contributed by atoms with Crippen molar-refractivity contribution in [3.05, 3.63) is 0 Å². The lowest BCUT2D eigenvalue weighted by molar-refractivity contribution is 0.270. The molecule has 1 rings (SSSR count). The SMILES string of the molecule is CCC1CCC(CNS(=O)(=O)C(C)CNC(C)C)CC1. The Balaban J connectivity index is 2.32. The molecule has 0 amide bonds. The van der Waals surface area contributed by atoms with Crippen LogP contribution in [-0.4, -0.2) is 32.8 Å². The van der Waals surface area contributed by atoms with Crippen LogP contribution in [0, 0.1) is 11.8 Å². The van der Waals surface area contributed by atoms with Gasteiger partial charge in [-0.1, -0.05) is 40.0 Å². The van der Waals surface area contributed by atoms with Gasteiger partial charge in [0.1, 0.15) is 0 Å². The third kappa shape index (κ3) is 6.10. The highest BCUT2D eigenvalue weighted by Crippen LogP contribution is 2.30. The lowest BCUT2D eigenvalue weighted by Gasteiger charge is -2.28. The Morgan fingerprint density at radius 3 is 2.10 bits per heavy atom. The summed E-state index contributed by atoms with van der Waals surface area (Å²) in [5.74, 6) is 1.38. The minimum Gasteiger partial charge on any atom is -0.313 e. The minimum atomic E-state index is -3.19. The molecule has 120 valence electrons. The Hall–Kier alpha value is -0.130. The summed E-state index contributed by atoms with van der Waals surface area (Å²) in [4.78, 5) is 0. The third-order valence-electron chi connectivity index (χ3n) is 4.46. The van der Waals surface area contributed by atoms with E-state index in [2.05, 4.69) is 17.0 Å². The van der Waals surface area contributed by atoms with Gasteiger partial charge in [0.05, 0.1) is 5.25 Å². The van der Waals surface area contributed by atoms with Crippen molar-refractivity contribution in [3.63, 3.8) is 0 Å². The molecule has 0 saturated heterocycles. The van der Waals surface area contributed by atoms with Gasteiger partial charge in [-0.15, -0.1) is 0 Å². The van der Waals surface area contributed by atoms with Gasteiger partial charge in [-0.3, -0.25) is 0 Å². The van der Waals surface area contributed by atoms with E-state index in [1.54, 1.807) is 6.92 Å². The summed E-state index contributed by atoms with van der Waals surface area (Å²) in [7, 11) is -3.19. The van der Waals surface area contributed by atoms with E-state index in [1.165, 1.54) is 32.1 Å². The van der Waals surface area contributed by atoms with Gasteiger partial charge >= 0.3 is 0 Å². The summed E-state index contributed by atoms with van der Waals surface area (Å²) in [5, 5.41) is 2.81. The molecule has 1 unspecified atom stereocenters. The maximum absolute atomic E-state index is 12.2. The fraction of sp³-hybridized carbons (Fsp3) is 1.00. The van der Waals surface area contributed by atoms with Crippen LogP contribution in [0.25, 0.3) is 0 Å². The molecule has 1 aliphatic rings. The normalized spacial score (nSPS) is 25.9. The molecule has 1 atom stereocenters. The first-order valence-electron chi connectivity index (χ1n) is 8.07. The van der Waals surface area contributed by atoms with Gasteiger partial charge in [-0.25, -0.2) is 13.1 Å². The highest BCUT2D eigenvalue weighted by atomic mass is 32.2. The van der Waals surface area contributed by atoms with E-state index < -0.39 is 10.0 Å². The molecule has 0 heterocycles. The first-order valence-corrected chi connectivity index (χ1v) is 9.61. The van der Waals surface area contributed by atoms with Gasteiger partial charge in [0.15, 0.2) is 0 Å². The summed E-state index contributed by atoms with van der Waals surface area (Å²) < 4.78 is 27.1. The maximum Gasteiger partial charge on any atom is 0.215 e. The van der Waals surface area contributed by atoms with E-state index in [4.69, 9.17) is 0 Å². The number of hydrogen-bond donors (Lipinski definition) is 2. The lowest BCUT2D eigenvalue weighted by Crippen LogP contribution is -2.42. The van der Waals surface area contributed by atoms with Crippen LogP contribution in [0.1, 0.15) is 59.8 Å². The van der Waals surface area contributed by atoms with Gasteiger partial charge in [0, 0.05) is 19.1 Å². The molecule has 0 aromatic carbocycles. The van der Waals surface area contributed by atoms with Crippen molar-refractivity contribution in [2.75, 3.05) is 13.1 Å². The van der Waals surface area contributed by atoms with Gasteiger partial charge in [0.2, 0.25) is 10.0 Å². The molecule has 0 bridgehead atoms. The third-order valence-corrected chi connectivity index (χ3v) is 6.26. The molecule has 0 aromatic heterocycles. The molecule has 2 N–H and O–H groups in total. The monoisotopic (exact) mass is 304 g/mol. The molecule has 1 saturated carbocycles. The van der Waals surface area contributed by atoms with Crippen LogP contribution in [-0.2, 0) is 10.0 Å². The zero-order chi connectivity index (χ0) is 15.2. The number of rotatable bonds is 8. The van der Waals surface area contributed by atoms with E-state index in [0.717, 1.165) is 5.92 Å². The predicted octanol–water partition coefficient (Wildman–Crippen LogP) is 2.51. The highest BCUT2D eigenvalue weighted by Gasteiger charge is 2.24. The molecule has 20 heavy (non-hydrogen) atoms. The van der Waals surface area contributed by atoms with Crippen molar-refractivity contribution in [1.29, 1.82) is 0 Å². The molecule has 0 aliphatic heterocycles. The van der Waals surface area contributed by atoms with Crippen LogP contribution < -0.4 is 10.0 Å². The van der Waals surface area contributed by atoms with E-state index in [0.29, 0.717) is 25.0 Å². The van der Waals surface area contributed by atoms with Gasteiger partial charge < -0.3 is 5.32 Å². The van der Waals surface area contributed by atoms with Crippen LogP contribution in [0.5, 0.6) is 0 Å². The quantitative estimate of drug-likeness (QED) is 0.724. The number of sulfonamides is 1. The van der Waals surface area contributed by atoms with Crippen LogP contribution in [0.15, 0.2) is 0 Å². The second kappa shape index (κ2) is 8.35. The van der Waals surface area contributed by atoms with Crippen molar-refractivity contribution in [2.24, 2.45) is 11.8 Å². The average molecular weight is 305 g/mol. The Kier molecular flexibility index (Phi) is 7.48. The summed E-state index contributed by atoms with van der Waals surface area (Å²) in [6, 6.07) is 0.317. The molecular formula is C15H32N2O2S. The molecule has 1 fully saturated rings. The highest BCUT2D eigenvalue weighted by molar-refractivity contribution is 7.90. The summed E-state index contributed by atoms with van der Waals surface area (Å²) in [5.41, 5.74) is 0. The fourth-order valence-corrected chi connectivity index (χ4v) is 3.80. The molecule has 0 radical (unpaired) electrons. The van der Waals surface area contributed by atoms with Crippen LogP contribution in [0.2, 0.25) is 0 Å².